The lowest BCUT2D eigenvalue weighted by molar-refractivity contribution is -0.135. The summed E-state index contributed by atoms with van der Waals surface area (Å²) < 4.78 is 1.69. The molecular weight excluding hydrogens is 400 g/mol. The number of para-hydroxylation sites is 1. The minimum absolute atomic E-state index is 0.131. The van der Waals surface area contributed by atoms with Gasteiger partial charge in [0.25, 0.3) is 5.56 Å². The molecule has 1 N–H and O–H groups in total. The summed E-state index contributed by atoms with van der Waals surface area (Å²) in [6.45, 7) is 2.93. The quantitative estimate of drug-likeness (QED) is 0.685. The predicted octanol–water partition coefficient (Wildman–Crippen LogP) is 1.65. The molecule has 9 heteroatoms. The van der Waals surface area contributed by atoms with Crippen molar-refractivity contribution in [3.8, 4) is 5.69 Å². The fourth-order valence-corrected chi connectivity index (χ4v) is 5.18. The van der Waals surface area contributed by atoms with E-state index in [1.807, 2.05) is 47.0 Å². The summed E-state index contributed by atoms with van der Waals surface area (Å²) in [5.74, 6) is 2.80. The van der Waals surface area contributed by atoms with E-state index in [0.29, 0.717) is 23.4 Å². The van der Waals surface area contributed by atoms with Gasteiger partial charge in [-0.2, -0.15) is 16.9 Å². The van der Waals surface area contributed by atoms with Crippen LogP contribution in [0.1, 0.15) is 18.7 Å². The van der Waals surface area contributed by atoms with Gasteiger partial charge in [0.1, 0.15) is 11.2 Å². The van der Waals surface area contributed by atoms with Crippen LogP contribution in [0.15, 0.2) is 41.3 Å². The topological polar surface area (TPSA) is 87.1 Å². The highest BCUT2D eigenvalue weighted by Gasteiger charge is 2.34. The van der Waals surface area contributed by atoms with E-state index in [2.05, 4.69) is 15.0 Å². The van der Waals surface area contributed by atoms with Gasteiger partial charge in [0.05, 0.1) is 24.5 Å². The smallest absolute Gasteiger partial charge is 0.262 e. The van der Waals surface area contributed by atoms with Gasteiger partial charge in [0.2, 0.25) is 5.91 Å². The van der Waals surface area contributed by atoms with Crippen LogP contribution in [0.5, 0.6) is 0 Å². The fourth-order valence-electron chi connectivity index (χ4n) is 4.28. The number of benzene rings is 1. The minimum atomic E-state index is -0.202. The van der Waals surface area contributed by atoms with E-state index in [0.717, 1.165) is 49.7 Å². The molecule has 5 rings (SSSR count). The van der Waals surface area contributed by atoms with Gasteiger partial charge in [0.15, 0.2) is 5.65 Å². The molecule has 156 valence electrons. The van der Waals surface area contributed by atoms with E-state index in [9.17, 15) is 9.59 Å². The Hall–Kier alpha value is -2.65. The lowest BCUT2D eigenvalue weighted by atomic mass is 10.2. The molecule has 30 heavy (non-hydrogen) atoms. The Morgan fingerprint density at radius 2 is 1.97 bits per heavy atom. The van der Waals surface area contributed by atoms with E-state index >= 15 is 0 Å². The number of rotatable bonds is 4. The van der Waals surface area contributed by atoms with Crippen LogP contribution in [0.3, 0.4) is 0 Å². The molecule has 4 heterocycles. The fraction of sp³-hybridized carbons (Fsp3) is 0.429. The second kappa shape index (κ2) is 8.23. The van der Waals surface area contributed by atoms with Gasteiger partial charge in [-0.15, -0.1) is 0 Å². The zero-order valence-electron chi connectivity index (χ0n) is 16.7. The van der Waals surface area contributed by atoms with Crippen LogP contribution in [-0.2, 0) is 11.3 Å². The summed E-state index contributed by atoms with van der Waals surface area (Å²) in [6.07, 6.45) is 3.39. The zero-order chi connectivity index (χ0) is 20.5. The van der Waals surface area contributed by atoms with Gasteiger partial charge in [-0.1, -0.05) is 18.2 Å². The number of nitrogens with one attached hydrogen (secondary N) is 1. The number of fused-ring (bicyclic) bond motifs is 1. The first kappa shape index (κ1) is 19.3. The first-order valence-electron chi connectivity index (χ1n) is 10.3. The molecule has 1 aromatic carbocycles. The van der Waals surface area contributed by atoms with Gasteiger partial charge in [0, 0.05) is 24.6 Å². The average molecular weight is 425 g/mol. The van der Waals surface area contributed by atoms with Crippen LogP contribution in [0.2, 0.25) is 0 Å². The molecule has 2 saturated heterocycles. The number of thioether (sulfide) groups is 1. The van der Waals surface area contributed by atoms with E-state index in [-0.39, 0.29) is 17.5 Å². The lowest BCUT2D eigenvalue weighted by Crippen LogP contribution is -2.48. The van der Waals surface area contributed by atoms with Crippen molar-refractivity contribution in [2.24, 2.45) is 0 Å². The molecule has 2 aliphatic rings. The van der Waals surface area contributed by atoms with Crippen LogP contribution >= 0.6 is 11.8 Å². The van der Waals surface area contributed by atoms with Crippen molar-refractivity contribution in [3.63, 3.8) is 0 Å². The van der Waals surface area contributed by atoms with Crippen molar-refractivity contribution < 1.29 is 4.79 Å². The maximum atomic E-state index is 13.0. The molecule has 0 aliphatic carbocycles. The highest BCUT2D eigenvalue weighted by atomic mass is 32.2. The molecule has 0 saturated carbocycles. The van der Waals surface area contributed by atoms with Gasteiger partial charge in [-0.25, -0.2) is 9.67 Å². The van der Waals surface area contributed by atoms with Crippen molar-refractivity contribution in [3.05, 3.63) is 52.7 Å². The molecule has 2 fully saturated rings. The minimum Gasteiger partial charge on any atom is -0.340 e. The molecule has 1 amide bonds. The molecule has 0 bridgehead atoms. The number of hydrogen-bond donors (Lipinski definition) is 1. The highest BCUT2D eigenvalue weighted by molar-refractivity contribution is 7.99. The van der Waals surface area contributed by atoms with Crippen molar-refractivity contribution in [1.29, 1.82) is 0 Å². The van der Waals surface area contributed by atoms with Gasteiger partial charge < -0.3 is 9.88 Å². The number of hydrogen-bond acceptors (Lipinski definition) is 6. The van der Waals surface area contributed by atoms with Gasteiger partial charge in [-0.05, 0) is 31.5 Å². The van der Waals surface area contributed by atoms with E-state index in [1.165, 1.54) is 0 Å². The Balaban J connectivity index is 1.42. The summed E-state index contributed by atoms with van der Waals surface area (Å²) in [5.41, 5.74) is 1.19. The van der Waals surface area contributed by atoms with Crippen molar-refractivity contribution in [2.75, 3.05) is 31.1 Å². The third-order valence-electron chi connectivity index (χ3n) is 5.81. The zero-order valence-corrected chi connectivity index (χ0v) is 17.5. The summed E-state index contributed by atoms with van der Waals surface area (Å²) in [7, 11) is 0. The Kier molecular flexibility index (Phi) is 5.30. The lowest BCUT2D eigenvalue weighted by Gasteiger charge is -2.32. The van der Waals surface area contributed by atoms with Gasteiger partial charge in [-0.3, -0.25) is 14.5 Å². The Bertz CT molecular complexity index is 1110. The first-order chi connectivity index (χ1) is 14.7. The number of amides is 1. The van der Waals surface area contributed by atoms with Crippen LogP contribution in [0.4, 0.5) is 0 Å². The number of aromatic amines is 1. The number of likely N-dealkylation sites (tertiary alicyclic amines) is 1. The Morgan fingerprint density at radius 1 is 1.17 bits per heavy atom. The predicted molar refractivity (Wildman–Crippen MR) is 117 cm³/mol. The molecule has 8 nitrogen and oxygen atoms in total. The Morgan fingerprint density at radius 3 is 2.77 bits per heavy atom. The number of nitrogens with zero attached hydrogens (tertiary/aromatic N) is 5. The van der Waals surface area contributed by atoms with Crippen LogP contribution in [0.25, 0.3) is 16.7 Å². The number of carbonyl (C=O) groups is 1. The normalized spacial score (nSPS) is 20.1. The Labute approximate surface area is 178 Å². The average Bonchev–Trinajstić information content (AvgIpc) is 3.42. The third-order valence-corrected chi connectivity index (χ3v) is 6.75. The second-order valence-corrected chi connectivity index (χ2v) is 8.93. The molecular formula is C21H24N6O2S. The monoisotopic (exact) mass is 424 g/mol. The van der Waals surface area contributed by atoms with Crippen molar-refractivity contribution in [2.45, 2.75) is 25.4 Å². The third kappa shape index (κ3) is 3.63. The molecule has 1 unspecified atom stereocenters. The molecule has 0 spiro atoms. The molecule has 2 aliphatic heterocycles. The van der Waals surface area contributed by atoms with Crippen LogP contribution < -0.4 is 5.56 Å². The molecule has 2 aromatic heterocycles. The number of aromatic nitrogens is 4. The van der Waals surface area contributed by atoms with Gasteiger partial charge >= 0.3 is 0 Å². The standard InChI is InChI=1S/C21H24N6O2S/c28-20-16-13-22-27(15-5-2-1-3-6-15)19(16)23-18(24-20)14-26-8-4-7-17(26)21(29)25-9-11-30-12-10-25/h1-3,5-6,13,17H,4,7-12,14H2,(H,23,24,28). The molecule has 1 atom stereocenters. The summed E-state index contributed by atoms with van der Waals surface area (Å²) in [6, 6.07) is 9.52. The van der Waals surface area contributed by atoms with Crippen molar-refractivity contribution in [1.82, 2.24) is 29.5 Å². The van der Waals surface area contributed by atoms with E-state index < -0.39 is 0 Å². The summed E-state index contributed by atoms with van der Waals surface area (Å²) in [5, 5.41) is 4.82. The number of H-pyrrole nitrogens is 1. The maximum absolute atomic E-state index is 13.0. The van der Waals surface area contributed by atoms with Crippen LogP contribution in [0, 0.1) is 0 Å². The summed E-state index contributed by atoms with van der Waals surface area (Å²) >= 11 is 1.90. The van der Waals surface area contributed by atoms with Crippen molar-refractivity contribution >= 4 is 28.7 Å². The molecule has 0 radical (unpaired) electrons. The summed E-state index contributed by atoms with van der Waals surface area (Å²) in [4.78, 5) is 37.4. The maximum Gasteiger partial charge on any atom is 0.262 e. The van der Waals surface area contributed by atoms with E-state index in [1.54, 1.807) is 10.9 Å². The highest BCUT2D eigenvalue weighted by Crippen LogP contribution is 2.23. The second-order valence-electron chi connectivity index (χ2n) is 7.71. The first-order valence-corrected chi connectivity index (χ1v) is 11.5. The number of carbonyl (C=O) groups excluding carboxylic acids is 1. The SMILES string of the molecule is O=C(C1CCCN1Cc1nc2c(cnn2-c2ccccc2)c(=O)[nH]1)N1CCSCC1. The van der Waals surface area contributed by atoms with E-state index in [4.69, 9.17) is 4.98 Å². The molecule has 3 aromatic rings. The largest absolute Gasteiger partial charge is 0.340 e. The van der Waals surface area contributed by atoms with Crippen LogP contribution in [-0.4, -0.2) is 72.6 Å².